The Morgan fingerprint density at radius 3 is 2.12 bits per heavy atom. The lowest BCUT2D eigenvalue weighted by atomic mass is 9.63. The van der Waals surface area contributed by atoms with Crippen LogP contribution in [0.25, 0.3) is 0 Å². The minimum atomic E-state index is -0.353. The van der Waals surface area contributed by atoms with Crippen LogP contribution in [-0.4, -0.2) is 29.3 Å². The molecule has 6 atom stereocenters. The second kappa shape index (κ2) is 7.19. The van der Waals surface area contributed by atoms with Gasteiger partial charge in [0.15, 0.2) is 0 Å². The first-order chi connectivity index (χ1) is 15.5. The molecular formula is C25H20Cl2N2O3. The van der Waals surface area contributed by atoms with Crippen molar-refractivity contribution >= 4 is 46.6 Å². The summed E-state index contributed by atoms with van der Waals surface area (Å²) in [6, 6.07) is 13.7. The summed E-state index contributed by atoms with van der Waals surface area (Å²) in [5, 5.41) is 0.622. The Morgan fingerprint density at radius 2 is 1.53 bits per heavy atom. The lowest BCUT2D eigenvalue weighted by Crippen LogP contribution is -2.45. The molecule has 0 aromatic heterocycles. The molecule has 6 unspecified atom stereocenters. The SMILES string of the molecule is O=C1C2C3C=CC(C4CC34)C2C(=O)N1CN(C(=O)c1ccc(Cl)c(Cl)c1)c1ccccc1. The monoisotopic (exact) mass is 466 g/mol. The predicted molar refractivity (Wildman–Crippen MR) is 121 cm³/mol. The van der Waals surface area contributed by atoms with Crippen molar-refractivity contribution in [1.82, 2.24) is 4.90 Å². The summed E-state index contributed by atoms with van der Waals surface area (Å²) in [4.78, 5) is 43.1. The van der Waals surface area contributed by atoms with Crippen molar-refractivity contribution in [2.45, 2.75) is 6.42 Å². The molecule has 2 aromatic rings. The molecule has 2 bridgehead atoms. The highest BCUT2D eigenvalue weighted by molar-refractivity contribution is 6.42. The molecule has 32 heavy (non-hydrogen) atoms. The third-order valence-corrected chi connectivity index (χ3v) is 8.26. The summed E-state index contributed by atoms with van der Waals surface area (Å²) in [7, 11) is 0. The Balaban J connectivity index is 1.34. The molecule has 4 aliphatic carbocycles. The number of benzene rings is 2. The number of hydrogen-bond acceptors (Lipinski definition) is 3. The van der Waals surface area contributed by atoms with E-state index in [0.717, 1.165) is 6.42 Å². The Hall–Kier alpha value is -2.63. The fourth-order valence-electron chi connectivity index (χ4n) is 5.96. The summed E-state index contributed by atoms with van der Waals surface area (Å²) in [5.41, 5.74) is 0.936. The Bertz CT molecular complexity index is 1140. The second-order valence-corrected chi connectivity index (χ2v) is 9.91. The van der Waals surface area contributed by atoms with Crippen molar-refractivity contribution < 1.29 is 14.4 Å². The van der Waals surface area contributed by atoms with Crippen LogP contribution in [0.1, 0.15) is 16.8 Å². The van der Waals surface area contributed by atoms with Crippen LogP contribution >= 0.6 is 23.2 Å². The Kier molecular flexibility index (Phi) is 4.50. The van der Waals surface area contributed by atoms with Gasteiger partial charge in [-0.05, 0) is 60.4 Å². The van der Waals surface area contributed by atoms with Crippen LogP contribution in [0.15, 0.2) is 60.7 Å². The average molecular weight is 467 g/mol. The number of halogens is 2. The van der Waals surface area contributed by atoms with E-state index in [1.807, 2.05) is 18.2 Å². The molecule has 1 aliphatic heterocycles. The normalized spacial score (nSPS) is 31.5. The van der Waals surface area contributed by atoms with Crippen LogP contribution < -0.4 is 4.90 Å². The van der Waals surface area contributed by atoms with Gasteiger partial charge in [0.05, 0.1) is 21.9 Å². The number of allylic oxidation sites excluding steroid dienone is 2. The molecule has 5 aliphatic rings. The number of amides is 3. The third-order valence-electron chi connectivity index (χ3n) is 7.52. The van der Waals surface area contributed by atoms with Gasteiger partial charge in [0, 0.05) is 11.3 Å². The summed E-state index contributed by atoms with van der Waals surface area (Å²) in [6.07, 6.45) is 5.40. The second-order valence-electron chi connectivity index (χ2n) is 9.10. The largest absolute Gasteiger partial charge is 0.290 e. The maximum absolute atomic E-state index is 13.5. The van der Waals surface area contributed by atoms with E-state index in [4.69, 9.17) is 23.2 Å². The molecular weight excluding hydrogens is 447 g/mol. The number of carbonyl (C=O) groups is 3. The van der Waals surface area contributed by atoms with Crippen LogP contribution in [0.4, 0.5) is 5.69 Å². The van der Waals surface area contributed by atoms with E-state index in [1.54, 1.807) is 24.3 Å². The van der Waals surface area contributed by atoms with E-state index in [0.29, 0.717) is 28.1 Å². The molecule has 7 rings (SSSR count). The van der Waals surface area contributed by atoms with E-state index in [-0.39, 0.29) is 53.1 Å². The summed E-state index contributed by atoms with van der Waals surface area (Å²) >= 11 is 12.2. The molecule has 5 nitrogen and oxygen atoms in total. The highest BCUT2D eigenvalue weighted by Gasteiger charge is 2.67. The topological polar surface area (TPSA) is 57.7 Å². The van der Waals surface area contributed by atoms with Crippen molar-refractivity contribution in [1.29, 1.82) is 0 Å². The minimum Gasteiger partial charge on any atom is -0.290 e. The maximum atomic E-state index is 13.5. The smallest absolute Gasteiger partial charge is 0.259 e. The van der Waals surface area contributed by atoms with Gasteiger partial charge in [-0.1, -0.05) is 53.6 Å². The summed E-state index contributed by atoms with van der Waals surface area (Å²) in [5.74, 6) is 0.101. The first-order valence-corrected chi connectivity index (χ1v) is 11.6. The van der Waals surface area contributed by atoms with Crippen LogP contribution in [0.5, 0.6) is 0 Å². The predicted octanol–water partition coefficient (Wildman–Crippen LogP) is 4.65. The van der Waals surface area contributed by atoms with Gasteiger partial charge in [0.1, 0.15) is 6.67 Å². The van der Waals surface area contributed by atoms with E-state index >= 15 is 0 Å². The first kappa shape index (κ1) is 20.0. The Labute approximate surface area is 195 Å². The number of nitrogens with zero attached hydrogens (tertiary/aromatic N) is 2. The summed E-state index contributed by atoms with van der Waals surface area (Å²) in [6.45, 7) is -0.122. The van der Waals surface area contributed by atoms with Gasteiger partial charge in [-0.25, -0.2) is 0 Å². The van der Waals surface area contributed by atoms with Gasteiger partial charge in [-0.3, -0.25) is 24.2 Å². The van der Waals surface area contributed by atoms with Gasteiger partial charge in [0.2, 0.25) is 11.8 Å². The van der Waals surface area contributed by atoms with Gasteiger partial charge in [-0.2, -0.15) is 0 Å². The molecule has 3 fully saturated rings. The van der Waals surface area contributed by atoms with Crippen molar-refractivity contribution in [2.75, 3.05) is 11.6 Å². The maximum Gasteiger partial charge on any atom is 0.259 e. The molecule has 3 amide bonds. The highest BCUT2D eigenvalue weighted by Crippen LogP contribution is 2.65. The van der Waals surface area contributed by atoms with E-state index in [2.05, 4.69) is 12.2 Å². The molecule has 162 valence electrons. The Morgan fingerprint density at radius 1 is 0.906 bits per heavy atom. The standard InChI is InChI=1S/C25H20Cl2N2O3/c26-19-9-6-13(10-20(19)27)23(30)28(14-4-2-1-3-5-14)12-29-24(31)21-15-7-8-16(18-11-17(15)18)22(21)25(29)32/h1-10,15-18,21-22H,11-12H2. The fourth-order valence-corrected chi connectivity index (χ4v) is 6.25. The number of anilines is 1. The zero-order valence-electron chi connectivity index (χ0n) is 17.0. The van der Waals surface area contributed by atoms with E-state index in [9.17, 15) is 14.4 Å². The van der Waals surface area contributed by atoms with E-state index < -0.39 is 0 Å². The molecule has 0 spiro atoms. The fraction of sp³-hybridized carbons (Fsp3) is 0.320. The highest BCUT2D eigenvalue weighted by atomic mass is 35.5. The quantitative estimate of drug-likeness (QED) is 0.486. The molecule has 7 heteroatoms. The van der Waals surface area contributed by atoms with Crippen LogP contribution in [0.2, 0.25) is 10.0 Å². The zero-order chi connectivity index (χ0) is 22.1. The minimum absolute atomic E-state index is 0.122. The van der Waals surface area contributed by atoms with Crippen molar-refractivity contribution in [3.8, 4) is 0 Å². The number of carbonyl (C=O) groups excluding carboxylic acids is 3. The molecule has 1 heterocycles. The van der Waals surface area contributed by atoms with Crippen LogP contribution in [0, 0.1) is 35.5 Å². The van der Waals surface area contributed by atoms with Crippen LogP contribution in [0.3, 0.4) is 0 Å². The van der Waals surface area contributed by atoms with Gasteiger partial charge < -0.3 is 0 Å². The van der Waals surface area contributed by atoms with Crippen molar-refractivity contribution in [3.05, 3.63) is 76.3 Å². The van der Waals surface area contributed by atoms with Gasteiger partial charge >= 0.3 is 0 Å². The molecule has 2 aromatic carbocycles. The lowest BCUT2D eigenvalue weighted by Gasteiger charge is -2.37. The van der Waals surface area contributed by atoms with Crippen molar-refractivity contribution in [2.24, 2.45) is 35.5 Å². The van der Waals surface area contributed by atoms with E-state index in [1.165, 1.54) is 15.9 Å². The third kappa shape index (κ3) is 2.87. The first-order valence-electron chi connectivity index (χ1n) is 10.8. The van der Waals surface area contributed by atoms with Crippen molar-refractivity contribution in [3.63, 3.8) is 0 Å². The van der Waals surface area contributed by atoms with Gasteiger partial charge in [0.25, 0.3) is 5.91 Å². The van der Waals surface area contributed by atoms with Gasteiger partial charge in [-0.15, -0.1) is 0 Å². The average Bonchev–Trinajstić information content (AvgIpc) is 3.59. The number of hydrogen-bond donors (Lipinski definition) is 0. The summed E-state index contributed by atoms with van der Waals surface area (Å²) < 4.78 is 0. The molecule has 0 radical (unpaired) electrons. The molecule has 0 N–H and O–H groups in total. The number of imide groups is 1. The molecule has 2 saturated carbocycles. The van der Waals surface area contributed by atoms with Crippen LogP contribution in [-0.2, 0) is 9.59 Å². The number of para-hydroxylation sites is 1. The molecule has 1 saturated heterocycles. The number of likely N-dealkylation sites (tertiary alicyclic amines) is 1. The lowest BCUT2D eigenvalue weighted by molar-refractivity contribution is -0.140. The zero-order valence-corrected chi connectivity index (χ0v) is 18.5. The number of rotatable bonds is 4.